The molecule has 0 saturated heterocycles. The van der Waals surface area contributed by atoms with Gasteiger partial charge in [-0.05, 0) is 48.4 Å². The summed E-state index contributed by atoms with van der Waals surface area (Å²) in [6, 6.07) is 21.6. The number of carbonyl (C=O) groups excluding carboxylic acids is 2. The summed E-state index contributed by atoms with van der Waals surface area (Å²) in [5.41, 5.74) is 3.77. The number of anilines is 2. The molecule has 0 fully saturated rings. The van der Waals surface area contributed by atoms with Crippen molar-refractivity contribution in [3.63, 3.8) is 0 Å². The van der Waals surface area contributed by atoms with E-state index in [9.17, 15) is 14.0 Å². The fraction of sp³-hybridized carbons (Fsp3) is 0.0833. The topological polar surface area (TPSA) is 88.9 Å². The highest BCUT2D eigenvalue weighted by Crippen LogP contribution is 2.23. The van der Waals surface area contributed by atoms with E-state index in [4.69, 9.17) is 0 Å². The molecule has 0 aliphatic rings. The monoisotopic (exact) mass is 429 g/mol. The predicted octanol–water partition coefficient (Wildman–Crippen LogP) is 4.59. The Hall–Kier alpha value is -4.33. The van der Waals surface area contributed by atoms with Crippen LogP contribution in [0.1, 0.15) is 23.1 Å². The van der Waals surface area contributed by atoms with E-state index in [1.54, 1.807) is 11.6 Å². The van der Waals surface area contributed by atoms with E-state index in [1.165, 1.54) is 25.1 Å². The second-order valence-electron chi connectivity index (χ2n) is 7.18. The van der Waals surface area contributed by atoms with E-state index in [0.29, 0.717) is 11.4 Å². The summed E-state index contributed by atoms with van der Waals surface area (Å²) in [5, 5.41) is 13.1. The number of benzene rings is 3. The van der Waals surface area contributed by atoms with Gasteiger partial charge in [-0.15, -0.1) is 5.10 Å². The van der Waals surface area contributed by atoms with Gasteiger partial charge in [-0.1, -0.05) is 47.7 Å². The summed E-state index contributed by atoms with van der Waals surface area (Å²) in [4.78, 5) is 23.9. The molecule has 32 heavy (non-hydrogen) atoms. The van der Waals surface area contributed by atoms with Gasteiger partial charge < -0.3 is 10.6 Å². The van der Waals surface area contributed by atoms with Gasteiger partial charge in [-0.3, -0.25) is 9.59 Å². The van der Waals surface area contributed by atoms with Gasteiger partial charge in [0, 0.05) is 12.6 Å². The highest BCUT2D eigenvalue weighted by molar-refractivity contribution is 6.04. The third kappa shape index (κ3) is 4.39. The Morgan fingerprint density at radius 1 is 0.906 bits per heavy atom. The molecule has 8 heteroatoms. The second-order valence-corrected chi connectivity index (χ2v) is 7.18. The zero-order valence-corrected chi connectivity index (χ0v) is 17.5. The molecule has 1 heterocycles. The zero-order valence-electron chi connectivity index (χ0n) is 17.5. The van der Waals surface area contributed by atoms with Crippen LogP contribution in [0, 0.1) is 12.7 Å². The van der Waals surface area contributed by atoms with Crippen LogP contribution in [0.5, 0.6) is 0 Å². The van der Waals surface area contributed by atoms with Crippen molar-refractivity contribution in [1.29, 1.82) is 0 Å². The molecule has 1 aromatic heterocycles. The lowest BCUT2D eigenvalue weighted by atomic mass is 10.1. The first-order chi connectivity index (χ1) is 15.4. The molecular formula is C24H20FN5O2. The van der Waals surface area contributed by atoms with E-state index in [1.807, 2.05) is 54.6 Å². The van der Waals surface area contributed by atoms with Crippen LogP contribution in [-0.2, 0) is 4.79 Å². The number of aromatic nitrogens is 3. The molecule has 0 unspecified atom stereocenters. The zero-order chi connectivity index (χ0) is 22.7. The van der Waals surface area contributed by atoms with Crippen LogP contribution in [0.2, 0.25) is 0 Å². The van der Waals surface area contributed by atoms with E-state index in [2.05, 4.69) is 20.9 Å². The summed E-state index contributed by atoms with van der Waals surface area (Å²) in [5.74, 6) is -1.53. The first-order valence-electron chi connectivity index (χ1n) is 9.89. The van der Waals surface area contributed by atoms with Crippen molar-refractivity contribution in [3.8, 4) is 16.8 Å². The minimum absolute atomic E-state index is 0.0672. The molecule has 0 radical (unpaired) electrons. The molecular weight excluding hydrogens is 409 g/mol. The molecule has 0 aliphatic heterocycles. The minimum atomic E-state index is -0.631. The molecule has 0 atom stereocenters. The van der Waals surface area contributed by atoms with E-state index >= 15 is 0 Å². The largest absolute Gasteiger partial charge is 0.326 e. The lowest BCUT2D eigenvalue weighted by molar-refractivity contribution is -0.114. The highest BCUT2D eigenvalue weighted by Gasteiger charge is 2.19. The van der Waals surface area contributed by atoms with E-state index in [0.717, 1.165) is 16.8 Å². The molecule has 4 rings (SSSR count). The lowest BCUT2D eigenvalue weighted by Gasteiger charge is -2.09. The Morgan fingerprint density at radius 3 is 2.28 bits per heavy atom. The van der Waals surface area contributed by atoms with Crippen LogP contribution in [0.15, 0.2) is 72.8 Å². The van der Waals surface area contributed by atoms with Crippen LogP contribution in [0.3, 0.4) is 0 Å². The molecule has 0 spiro atoms. The van der Waals surface area contributed by atoms with Crippen molar-refractivity contribution < 1.29 is 14.0 Å². The standard InChI is InChI=1S/C24H20FN5O2/c1-15-23(24(32)27-22-14-19(26-16(2)31)10-13-21(22)25)28-29-30(15)20-11-8-18(9-12-20)17-6-4-3-5-7-17/h3-14H,1-2H3,(H,26,31)(H,27,32). The molecule has 3 aromatic carbocycles. The number of halogens is 1. The van der Waals surface area contributed by atoms with Crippen LogP contribution in [-0.4, -0.2) is 26.8 Å². The van der Waals surface area contributed by atoms with Crippen LogP contribution >= 0.6 is 0 Å². The maximum absolute atomic E-state index is 14.2. The summed E-state index contributed by atoms with van der Waals surface area (Å²) >= 11 is 0. The Bertz CT molecular complexity index is 1280. The van der Waals surface area contributed by atoms with Gasteiger partial charge in [-0.2, -0.15) is 0 Å². The summed E-state index contributed by atoms with van der Waals surface area (Å²) in [7, 11) is 0. The van der Waals surface area contributed by atoms with Gasteiger partial charge in [0.05, 0.1) is 17.1 Å². The highest BCUT2D eigenvalue weighted by atomic mass is 19.1. The van der Waals surface area contributed by atoms with Crippen molar-refractivity contribution in [1.82, 2.24) is 15.0 Å². The Morgan fingerprint density at radius 2 is 1.59 bits per heavy atom. The van der Waals surface area contributed by atoms with Crippen LogP contribution < -0.4 is 10.6 Å². The van der Waals surface area contributed by atoms with Crippen molar-refractivity contribution in [3.05, 3.63) is 90.0 Å². The summed E-state index contributed by atoms with van der Waals surface area (Å²) < 4.78 is 15.7. The van der Waals surface area contributed by atoms with Crippen LogP contribution in [0.25, 0.3) is 16.8 Å². The maximum atomic E-state index is 14.2. The average molecular weight is 429 g/mol. The van der Waals surface area contributed by atoms with Crippen molar-refractivity contribution in [2.45, 2.75) is 13.8 Å². The number of hydrogen-bond donors (Lipinski definition) is 2. The Labute approximate surface area is 183 Å². The second kappa shape index (κ2) is 8.81. The minimum Gasteiger partial charge on any atom is -0.326 e. The summed E-state index contributed by atoms with van der Waals surface area (Å²) in [6.07, 6.45) is 0. The van der Waals surface area contributed by atoms with Crippen molar-refractivity contribution >= 4 is 23.2 Å². The molecule has 7 nitrogen and oxygen atoms in total. The molecule has 0 saturated carbocycles. The number of carbonyl (C=O) groups is 2. The van der Waals surface area contributed by atoms with E-state index < -0.39 is 11.7 Å². The Kier molecular flexibility index (Phi) is 5.76. The molecule has 2 amide bonds. The first-order valence-corrected chi connectivity index (χ1v) is 9.89. The molecule has 2 N–H and O–H groups in total. The fourth-order valence-corrected chi connectivity index (χ4v) is 3.29. The number of rotatable bonds is 5. The number of amides is 2. The normalized spacial score (nSPS) is 10.6. The predicted molar refractivity (Wildman–Crippen MR) is 120 cm³/mol. The van der Waals surface area contributed by atoms with Gasteiger partial charge in [0.25, 0.3) is 5.91 Å². The van der Waals surface area contributed by atoms with Crippen LogP contribution in [0.4, 0.5) is 15.8 Å². The van der Waals surface area contributed by atoms with Crippen molar-refractivity contribution in [2.24, 2.45) is 0 Å². The maximum Gasteiger partial charge on any atom is 0.278 e. The van der Waals surface area contributed by atoms with Gasteiger partial charge in [0.2, 0.25) is 5.91 Å². The van der Waals surface area contributed by atoms with E-state index in [-0.39, 0.29) is 17.3 Å². The molecule has 0 aliphatic carbocycles. The third-order valence-corrected chi connectivity index (χ3v) is 4.86. The van der Waals surface area contributed by atoms with Gasteiger partial charge in [0.1, 0.15) is 5.82 Å². The molecule has 4 aromatic rings. The SMILES string of the molecule is CC(=O)Nc1ccc(F)c(NC(=O)c2nnn(-c3ccc(-c4ccccc4)cc3)c2C)c1. The number of nitrogens with one attached hydrogen (secondary N) is 2. The Balaban J connectivity index is 1.55. The smallest absolute Gasteiger partial charge is 0.278 e. The first kappa shape index (κ1) is 20.9. The lowest BCUT2D eigenvalue weighted by Crippen LogP contribution is -2.16. The average Bonchev–Trinajstić information content (AvgIpc) is 3.18. The number of nitrogens with zero attached hydrogens (tertiary/aromatic N) is 3. The summed E-state index contributed by atoms with van der Waals surface area (Å²) in [6.45, 7) is 3.06. The van der Waals surface area contributed by atoms with Gasteiger partial charge in [-0.25, -0.2) is 9.07 Å². The quantitative estimate of drug-likeness (QED) is 0.486. The van der Waals surface area contributed by atoms with Gasteiger partial charge >= 0.3 is 0 Å². The van der Waals surface area contributed by atoms with Crippen molar-refractivity contribution in [2.75, 3.05) is 10.6 Å². The fourth-order valence-electron chi connectivity index (χ4n) is 3.29. The number of hydrogen-bond acceptors (Lipinski definition) is 4. The molecule has 160 valence electrons. The van der Waals surface area contributed by atoms with Gasteiger partial charge in [0.15, 0.2) is 5.69 Å². The third-order valence-electron chi connectivity index (χ3n) is 4.86. The molecule has 0 bridgehead atoms.